The predicted molar refractivity (Wildman–Crippen MR) is 179 cm³/mol. The van der Waals surface area contributed by atoms with Crippen molar-refractivity contribution >= 4 is 66.8 Å². The summed E-state index contributed by atoms with van der Waals surface area (Å²) in [7, 11) is 0. The average Bonchev–Trinajstić information content (AvgIpc) is 3.59. The number of rotatable bonds is 2. The number of hydrogen-bond donors (Lipinski definition) is 2. The summed E-state index contributed by atoms with van der Waals surface area (Å²) in [4.78, 5) is 7.62. The highest BCUT2D eigenvalue weighted by Gasteiger charge is 2.33. The van der Waals surface area contributed by atoms with E-state index in [1.54, 1.807) is 0 Å². The van der Waals surface area contributed by atoms with E-state index in [-0.39, 0.29) is 12.3 Å². The van der Waals surface area contributed by atoms with Gasteiger partial charge in [0.05, 0.1) is 33.8 Å². The normalized spacial score (nSPS) is 19.4. The molecular formula is C37H29N5S. The number of para-hydroxylation sites is 4. The largest absolute Gasteiger partial charge is 0.352 e. The van der Waals surface area contributed by atoms with Gasteiger partial charge in [-0.05, 0) is 61.2 Å². The number of nitrogens with zero attached hydrogens (tertiary/aromatic N) is 3. The lowest BCUT2D eigenvalue weighted by Gasteiger charge is -2.37. The second-order valence-corrected chi connectivity index (χ2v) is 12.9. The van der Waals surface area contributed by atoms with Crippen LogP contribution >= 0.6 is 11.8 Å². The van der Waals surface area contributed by atoms with E-state index in [9.17, 15) is 0 Å². The molecule has 3 aliphatic rings. The second-order valence-electron chi connectivity index (χ2n) is 11.9. The smallest absolute Gasteiger partial charge is 0.160 e. The lowest BCUT2D eigenvalue weighted by molar-refractivity contribution is 0.430. The van der Waals surface area contributed by atoms with Gasteiger partial charge in [0.15, 0.2) is 6.29 Å². The second kappa shape index (κ2) is 8.99. The van der Waals surface area contributed by atoms with Crippen LogP contribution in [0.1, 0.15) is 37.2 Å². The molecule has 2 aromatic heterocycles. The summed E-state index contributed by atoms with van der Waals surface area (Å²) in [6.07, 6.45) is 3.30. The molecule has 0 spiro atoms. The maximum atomic E-state index is 5.04. The van der Waals surface area contributed by atoms with Crippen LogP contribution in [-0.4, -0.2) is 21.4 Å². The van der Waals surface area contributed by atoms with E-state index in [0.29, 0.717) is 0 Å². The van der Waals surface area contributed by atoms with Crippen LogP contribution in [0.25, 0.3) is 49.3 Å². The molecule has 2 unspecified atom stereocenters. The molecular weight excluding hydrogens is 547 g/mol. The van der Waals surface area contributed by atoms with Crippen LogP contribution in [0.2, 0.25) is 0 Å². The number of nitrogens with one attached hydrogen (secondary N) is 2. The predicted octanol–water partition coefficient (Wildman–Crippen LogP) is 9.19. The zero-order valence-corrected chi connectivity index (χ0v) is 24.4. The lowest BCUT2D eigenvalue weighted by atomic mass is 9.93. The van der Waals surface area contributed by atoms with Crippen molar-refractivity contribution in [3.8, 4) is 5.69 Å². The molecule has 3 aliphatic heterocycles. The summed E-state index contributed by atoms with van der Waals surface area (Å²) in [5.74, 6) is 0. The van der Waals surface area contributed by atoms with Crippen molar-refractivity contribution < 1.29 is 0 Å². The topological polar surface area (TPSA) is 46.3 Å². The lowest BCUT2D eigenvalue weighted by Crippen LogP contribution is -2.43. The monoisotopic (exact) mass is 575 g/mol. The van der Waals surface area contributed by atoms with Crippen molar-refractivity contribution in [2.75, 3.05) is 11.9 Å². The number of aliphatic imine (C=N–C) groups is 1. The summed E-state index contributed by atoms with van der Waals surface area (Å²) >= 11 is 1.89. The van der Waals surface area contributed by atoms with E-state index in [2.05, 4.69) is 123 Å². The number of fused-ring (bicyclic) bond motifs is 10. The molecule has 2 atom stereocenters. The number of anilines is 1. The van der Waals surface area contributed by atoms with Gasteiger partial charge in [-0.15, -0.1) is 0 Å². The van der Waals surface area contributed by atoms with Gasteiger partial charge in [-0.2, -0.15) is 0 Å². The molecule has 43 heavy (non-hydrogen) atoms. The van der Waals surface area contributed by atoms with Crippen LogP contribution in [0.15, 0.2) is 118 Å². The molecule has 0 fully saturated rings. The molecule has 5 heterocycles. The summed E-state index contributed by atoms with van der Waals surface area (Å²) in [6, 6.07) is 37.9. The number of benzene rings is 5. The molecule has 7 aromatic rings. The molecule has 5 aromatic carbocycles. The highest BCUT2D eigenvalue weighted by molar-refractivity contribution is 7.99. The average molecular weight is 576 g/mol. The minimum atomic E-state index is -0.134. The van der Waals surface area contributed by atoms with Gasteiger partial charge in [0, 0.05) is 49.3 Å². The molecule has 10 rings (SSSR count). The van der Waals surface area contributed by atoms with Crippen molar-refractivity contribution in [1.82, 2.24) is 14.5 Å². The van der Waals surface area contributed by atoms with Crippen molar-refractivity contribution in [3.05, 3.63) is 109 Å². The van der Waals surface area contributed by atoms with Crippen LogP contribution in [0.3, 0.4) is 0 Å². The fourth-order valence-electron chi connectivity index (χ4n) is 7.75. The van der Waals surface area contributed by atoms with Gasteiger partial charge in [0.25, 0.3) is 0 Å². The van der Waals surface area contributed by atoms with Gasteiger partial charge in [-0.25, -0.2) is 0 Å². The SMILES string of the molecule is c1ccc2c(c1)NC(n1c3ccccc3c3c4c5ccccc5n5c4c(cc31)Sc1ccccc1-5)NC2C1=NCCCC1. The zero-order valence-electron chi connectivity index (χ0n) is 23.5. The van der Waals surface area contributed by atoms with Gasteiger partial charge < -0.3 is 14.5 Å². The third kappa shape index (κ3) is 3.31. The van der Waals surface area contributed by atoms with Crippen molar-refractivity contribution in [1.29, 1.82) is 0 Å². The van der Waals surface area contributed by atoms with E-state index in [4.69, 9.17) is 4.99 Å². The molecule has 0 aliphatic carbocycles. The van der Waals surface area contributed by atoms with Crippen LogP contribution < -0.4 is 10.6 Å². The molecule has 6 heteroatoms. The minimum absolute atomic E-state index is 0.0872. The van der Waals surface area contributed by atoms with E-state index >= 15 is 0 Å². The Bertz CT molecular complexity index is 2310. The molecule has 0 saturated carbocycles. The van der Waals surface area contributed by atoms with Gasteiger partial charge in [0.2, 0.25) is 0 Å². The molecule has 0 bridgehead atoms. The third-order valence-corrected chi connectivity index (χ3v) is 10.6. The van der Waals surface area contributed by atoms with E-state index in [0.717, 1.165) is 13.0 Å². The Hall–Kier alpha value is -4.52. The summed E-state index contributed by atoms with van der Waals surface area (Å²) in [6.45, 7) is 0.924. The number of hydrogen-bond acceptors (Lipinski definition) is 4. The standard InChI is InChI=1S/C37H29N5S/c1-4-14-25-22(11-1)35(26-15-9-10-20-38-26)40-37(39-25)42-28-17-6-2-12-23(28)33-30(42)21-32-36-34(33)24-13-3-5-16-27(24)41(36)29-18-7-8-19-31(29)43-32/h1-8,11-14,16-19,21,35,37,39-40H,9-10,15,20H2. The van der Waals surface area contributed by atoms with E-state index in [1.165, 1.54) is 88.9 Å². The first-order chi connectivity index (χ1) is 21.3. The first kappa shape index (κ1) is 24.0. The van der Waals surface area contributed by atoms with Crippen molar-refractivity contribution in [3.63, 3.8) is 0 Å². The van der Waals surface area contributed by atoms with Gasteiger partial charge in [0.1, 0.15) is 0 Å². The van der Waals surface area contributed by atoms with E-state index in [1.807, 2.05) is 11.8 Å². The zero-order chi connectivity index (χ0) is 28.1. The summed E-state index contributed by atoms with van der Waals surface area (Å²) in [5, 5.41) is 13.2. The van der Waals surface area contributed by atoms with Crippen LogP contribution in [-0.2, 0) is 0 Å². The molecule has 208 valence electrons. The molecule has 5 nitrogen and oxygen atoms in total. The molecule has 2 N–H and O–H groups in total. The Kier molecular flexibility index (Phi) is 5.01. The van der Waals surface area contributed by atoms with Crippen molar-refractivity contribution in [2.24, 2.45) is 4.99 Å². The molecule has 0 radical (unpaired) electrons. The van der Waals surface area contributed by atoms with E-state index < -0.39 is 0 Å². The fraction of sp³-hybridized carbons (Fsp3) is 0.162. The Morgan fingerprint density at radius 1 is 0.721 bits per heavy atom. The Balaban J connectivity index is 1.30. The number of aromatic nitrogens is 2. The Labute approximate surface area is 253 Å². The first-order valence-electron chi connectivity index (χ1n) is 15.3. The van der Waals surface area contributed by atoms with Gasteiger partial charge in [-0.3, -0.25) is 10.3 Å². The van der Waals surface area contributed by atoms with Gasteiger partial charge in [-0.1, -0.05) is 78.5 Å². The first-order valence-corrected chi connectivity index (χ1v) is 16.1. The highest BCUT2D eigenvalue weighted by Crippen LogP contribution is 2.51. The summed E-state index contributed by atoms with van der Waals surface area (Å²) in [5.41, 5.74) is 10.0. The Morgan fingerprint density at radius 3 is 2.37 bits per heavy atom. The molecule has 0 saturated heterocycles. The quantitative estimate of drug-likeness (QED) is 0.216. The maximum Gasteiger partial charge on any atom is 0.160 e. The fourth-order valence-corrected chi connectivity index (χ4v) is 8.85. The van der Waals surface area contributed by atoms with Crippen LogP contribution in [0, 0.1) is 0 Å². The van der Waals surface area contributed by atoms with Crippen molar-refractivity contribution in [2.45, 2.75) is 41.4 Å². The maximum absolute atomic E-state index is 5.04. The Morgan fingerprint density at radius 2 is 1.49 bits per heavy atom. The third-order valence-electron chi connectivity index (χ3n) is 9.54. The molecule has 0 amide bonds. The minimum Gasteiger partial charge on any atom is -0.352 e. The van der Waals surface area contributed by atoms with Crippen LogP contribution in [0.4, 0.5) is 5.69 Å². The van der Waals surface area contributed by atoms with Crippen LogP contribution in [0.5, 0.6) is 0 Å². The summed E-state index contributed by atoms with van der Waals surface area (Å²) < 4.78 is 4.99. The highest BCUT2D eigenvalue weighted by atomic mass is 32.2. The van der Waals surface area contributed by atoms with Gasteiger partial charge >= 0.3 is 0 Å².